The fraction of sp³-hybridized carbons (Fsp3) is 0.0455. The molecule has 0 unspecified atom stereocenters. The summed E-state index contributed by atoms with van der Waals surface area (Å²) < 4.78 is 32.8. The van der Waals surface area contributed by atoms with Gasteiger partial charge < -0.3 is 4.42 Å². The molecule has 0 N–H and O–H groups in total. The van der Waals surface area contributed by atoms with Crippen LogP contribution in [0.2, 0.25) is 0 Å². The average molecular weight is 639 g/mol. The maximum Gasteiger partial charge on any atom is 0.158 e. The van der Waals surface area contributed by atoms with Gasteiger partial charge in [0.15, 0.2) is 9.84 Å². The Morgan fingerprint density at radius 3 is 1.44 bits per heavy atom. The second-order valence-electron chi connectivity index (χ2n) is 12.6. The minimum absolute atomic E-state index is 0.0128. The summed E-state index contributed by atoms with van der Waals surface area (Å²) in [7, 11) is -3.34. The number of sulfone groups is 1. The molecule has 0 amide bonds. The van der Waals surface area contributed by atoms with Gasteiger partial charge in [-0.3, -0.25) is 0 Å². The van der Waals surface area contributed by atoms with Gasteiger partial charge in [-0.05, 0) is 115 Å². The van der Waals surface area contributed by atoms with Gasteiger partial charge in [-0.1, -0.05) is 109 Å². The van der Waals surface area contributed by atoms with Gasteiger partial charge in [0, 0.05) is 10.8 Å². The molecule has 0 aliphatic carbocycles. The summed E-state index contributed by atoms with van der Waals surface area (Å²) in [6.45, 7) is 0. The lowest BCUT2D eigenvalue weighted by atomic mass is 9.89. The molecule has 48 heavy (non-hydrogen) atoms. The molecule has 8 aromatic rings. The predicted octanol–water partition coefficient (Wildman–Crippen LogP) is 11.3. The van der Waals surface area contributed by atoms with Crippen LogP contribution in [0.3, 0.4) is 0 Å². The molecule has 0 bridgehead atoms. The van der Waals surface area contributed by atoms with Crippen molar-refractivity contribution in [1.82, 2.24) is 0 Å². The molecule has 1 aliphatic heterocycles. The van der Waals surface area contributed by atoms with E-state index in [4.69, 9.17) is 4.42 Å². The largest absolute Gasteiger partial charge is 0.456 e. The van der Waals surface area contributed by atoms with Crippen molar-refractivity contribution >= 4 is 31.8 Å². The standard InChI is InChI=1S/C44H30O3S/c45-48(46)27-34-17-15-31(32-19-20-44-42(26-32)39-13-7-8-14-43(39)47-44)24-40(34)41-25-33(16-18-35(41)28-48)38-22-36(29-9-3-1-4-10-29)21-37(23-38)30-11-5-2-6-12-30/h1-26H,27-28H2. The van der Waals surface area contributed by atoms with Crippen molar-refractivity contribution < 1.29 is 12.8 Å². The highest BCUT2D eigenvalue weighted by atomic mass is 32.2. The van der Waals surface area contributed by atoms with Crippen molar-refractivity contribution in [2.45, 2.75) is 11.5 Å². The van der Waals surface area contributed by atoms with Gasteiger partial charge in [-0.25, -0.2) is 8.42 Å². The Kier molecular flexibility index (Phi) is 6.66. The fourth-order valence-corrected chi connectivity index (χ4v) is 8.64. The summed E-state index contributed by atoms with van der Waals surface area (Å²) in [6, 6.07) is 54.4. The summed E-state index contributed by atoms with van der Waals surface area (Å²) in [5.41, 5.74) is 14.1. The molecule has 0 saturated heterocycles. The number of fused-ring (bicyclic) bond motifs is 6. The lowest BCUT2D eigenvalue weighted by Gasteiger charge is -2.15. The topological polar surface area (TPSA) is 47.3 Å². The number of benzene rings is 7. The first-order valence-corrected chi connectivity index (χ1v) is 17.9. The minimum atomic E-state index is -3.34. The summed E-state index contributed by atoms with van der Waals surface area (Å²) in [6.07, 6.45) is 0. The molecule has 3 nitrogen and oxygen atoms in total. The number of hydrogen-bond donors (Lipinski definition) is 0. The fourth-order valence-electron chi connectivity index (χ4n) is 7.08. The molecule has 0 fully saturated rings. The lowest BCUT2D eigenvalue weighted by Crippen LogP contribution is -2.05. The third kappa shape index (κ3) is 5.11. The van der Waals surface area contributed by atoms with Crippen molar-refractivity contribution in [3.05, 3.63) is 169 Å². The van der Waals surface area contributed by atoms with Crippen molar-refractivity contribution in [3.63, 3.8) is 0 Å². The van der Waals surface area contributed by atoms with E-state index in [9.17, 15) is 8.42 Å². The van der Waals surface area contributed by atoms with Crippen LogP contribution in [0.5, 0.6) is 0 Å². The predicted molar refractivity (Wildman–Crippen MR) is 197 cm³/mol. The summed E-state index contributed by atoms with van der Waals surface area (Å²) in [5, 5.41) is 2.15. The molecule has 1 aromatic heterocycles. The Balaban J connectivity index is 1.21. The number of para-hydroxylation sites is 1. The molecule has 4 heteroatoms. The summed E-state index contributed by atoms with van der Waals surface area (Å²) in [4.78, 5) is 0. The quantitative estimate of drug-likeness (QED) is 0.193. The summed E-state index contributed by atoms with van der Waals surface area (Å²) >= 11 is 0. The monoisotopic (exact) mass is 638 g/mol. The molecule has 7 aromatic carbocycles. The van der Waals surface area contributed by atoms with E-state index in [1.807, 2.05) is 54.6 Å². The first kappa shape index (κ1) is 28.5. The van der Waals surface area contributed by atoms with E-state index >= 15 is 0 Å². The summed E-state index contributed by atoms with van der Waals surface area (Å²) in [5.74, 6) is 0.0264. The SMILES string of the molecule is O=S1(=O)Cc2ccc(-c3cc(-c4ccccc4)cc(-c4ccccc4)c3)cc2-c2cc(-c3ccc4oc5ccccc5c4c3)ccc2C1. The Morgan fingerprint density at radius 2 is 0.833 bits per heavy atom. The normalized spacial score (nSPS) is 13.6. The number of furan rings is 1. The molecule has 2 heterocycles. The van der Waals surface area contributed by atoms with E-state index in [2.05, 4.69) is 103 Å². The lowest BCUT2D eigenvalue weighted by molar-refractivity contribution is 0.595. The van der Waals surface area contributed by atoms with Crippen molar-refractivity contribution in [1.29, 1.82) is 0 Å². The van der Waals surface area contributed by atoms with Gasteiger partial charge in [0.25, 0.3) is 0 Å². The van der Waals surface area contributed by atoms with Crippen LogP contribution >= 0.6 is 0 Å². The van der Waals surface area contributed by atoms with E-state index in [-0.39, 0.29) is 11.5 Å². The maximum absolute atomic E-state index is 13.3. The van der Waals surface area contributed by atoms with Crippen LogP contribution in [0.15, 0.2) is 162 Å². The Hall–Kier alpha value is -5.71. The maximum atomic E-state index is 13.3. The first-order valence-electron chi connectivity index (χ1n) is 16.1. The number of hydrogen-bond acceptors (Lipinski definition) is 3. The Bertz CT molecular complexity index is 2560. The second-order valence-corrected chi connectivity index (χ2v) is 14.7. The van der Waals surface area contributed by atoms with E-state index < -0.39 is 9.84 Å². The van der Waals surface area contributed by atoms with Gasteiger partial charge in [0.2, 0.25) is 0 Å². The molecular weight excluding hydrogens is 609 g/mol. The van der Waals surface area contributed by atoms with Crippen LogP contribution in [0.1, 0.15) is 11.1 Å². The Morgan fingerprint density at radius 1 is 0.375 bits per heavy atom. The smallest absolute Gasteiger partial charge is 0.158 e. The molecule has 0 atom stereocenters. The number of rotatable bonds is 4. The van der Waals surface area contributed by atoms with E-state index in [1.54, 1.807) is 0 Å². The Labute approximate surface area is 279 Å². The van der Waals surface area contributed by atoms with Crippen molar-refractivity contribution in [2.24, 2.45) is 0 Å². The van der Waals surface area contributed by atoms with Crippen LogP contribution < -0.4 is 0 Å². The first-order chi connectivity index (χ1) is 23.5. The van der Waals surface area contributed by atoms with Crippen LogP contribution in [-0.2, 0) is 21.3 Å². The molecule has 1 aliphatic rings. The second kappa shape index (κ2) is 11.2. The van der Waals surface area contributed by atoms with Crippen LogP contribution in [0.4, 0.5) is 0 Å². The highest BCUT2D eigenvalue weighted by Crippen LogP contribution is 2.41. The van der Waals surface area contributed by atoms with Gasteiger partial charge in [0.05, 0.1) is 11.5 Å². The van der Waals surface area contributed by atoms with Crippen molar-refractivity contribution in [3.8, 4) is 55.6 Å². The van der Waals surface area contributed by atoms with Crippen LogP contribution in [-0.4, -0.2) is 8.42 Å². The third-order valence-electron chi connectivity index (χ3n) is 9.45. The molecule has 0 radical (unpaired) electrons. The van der Waals surface area contributed by atoms with E-state index in [0.717, 1.165) is 88.7 Å². The van der Waals surface area contributed by atoms with Crippen LogP contribution in [0, 0.1) is 0 Å². The molecule has 0 spiro atoms. The zero-order chi connectivity index (χ0) is 32.2. The van der Waals surface area contributed by atoms with Gasteiger partial charge in [-0.2, -0.15) is 0 Å². The minimum Gasteiger partial charge on any atom is -0.456 e. The zero-order valence-corrected chi connectivity index (χ0v) is 26.9. The molecular formula is C44H30O3S. The van der Waals surface area contributed by atoms with Gasteiger partial charge in [-0.15, -0.1) is 0 Å². The van der Waals surface area contributed by atoms with Gasteiger partial charge in [0.1, 0.15) is 11.2 Å². The third-order valence-corrected chi connectivity index (χ3v) is 11.0. The molecule has 0 saturated carbocycles. The van der Waals surface area contributed by atoms with Crippen LogP contribution in [0.25, 0.3) is 77.6 Å². The molecule has 9 rings (SSSR count). The van der Waals surface area contributed by atoms with E-state index in [1.165, 1.54) is 0 Å². The average Bonchev–Trinajstić information content (AvgIpc) is 3.45. The van der Waals surface area contributed by atoms with E-state index in [0.29, 0.717) is 0 Å². The van der Waals surface area contributed by atoms with Crippen molar-refractivity contribution in [2.75, 3.05) is 0 Å². The zero-order valence-electron chi connectivity index (χ0n) is 26.1. The van der Waals surface area contributed by atoms with Gasteiger partial charge >= 0.3 is 0 Å². The highest BCUT2D eigenvalue weighted by Gasteiger charge is 2.25. The highest BCUT2D eigenvalue weighted by molar-refractivity contribution is 7.89. The molecule has 230 valence electrons.